The first-order chi connectivity index (χ1) is 4.34. The van der Waals surface area contributed by atoms with Crippen LogP contribution in [0.4, 0.5) is 0 Å². The Morgan fingerprint density at radius 1 is 1.55 bits per heavy atom. The summed E-state index contributed by atoms with van der Waals surface area (Å²) in [5, 5.41) is 9.84. The number of rotatable bonds is 3. The van der Waals surface area contributed by atoms with Crippen molar-refractivity contribution in [2.24, 2.45) is 0 Å². The van der Waals surface area contributed by atoms with Gasteiger partial charge in [0.05, 0.1) is 18.8 Å². The van der Waals surface area contributed by atoms with Crippen molar-refractivity contribution in [2.45, 2.75) is 0 Å². The van der Waals surface area contributed by atoms with Crippen LogP contribution in [0.25, 0.3) is 0 Å². The Morgan fingerprint density at radius 2 is 1.91 bits per heavy atom. The van der Waals surface area contributed by atoms with Gasteiger partial charge in [0.1, 0.15) is 0 Å². The normalized spacial score (nSPS) is 10.8. The average Bonchev–Trinajstić information content (AvgIpc) is 1.60. The van der Waals surface area contributed by atoms with Crippen LogP contribution in [0.1, 0.15) is 0 Å². The van der Waals surface area contributed by atoms with Crippen LogP contribution in [0.2, 0.25) is 0 Å². The molecule has 0 unspecified atom stereocenters. The third-order valence-corrected chi connectivity index (χ3v) is 2.18. The van der Waals surface area contributed by atoms with Gasteiger partial charge in [0.25, 0.3) is 0 Å². The molecule has 0 aromatic rings. The summed E-state index contributed by atoms with van der Waals surface area (Å²) in [6, 6.07) is 0. The Kier molecular flexibility index (Phi) is 6.46. The van der Waals surface area contributed by atoms with E-state index in [1.165, 1.54) is 7.05 Å². The molecule has 0 heterocycles. The van der Waals surface area contributed by atoms with E-state index < -0.39 is 22.5 Å². The van der Waals surface area contributed by atoms with Crippen LogP contribution in [0.3, 0.4) is 0 Å². The summed E-state index contributed by atoms with van der Waals surface area (Å²) in [6.45, 7) is -0.598. The Morgan fingerprint density at radius 3 is 2.00 bits per heavy atom. The van der Waals surface area contributed by atoms with Gasteiger partial charge < -0.3 is 9.90 Å². The Bertz CT molecular complexity index is 224. The summed E-state index contributed by atoms with van der Waals surface area (Å²) in [4.78, 5) is 9.84. The van der Waals surface area contributed by atoms with Crippen LogP contribution >= 0.6 is 0 Å². The monoisotopic (exact) mass is 189 g/mol. The maximum atomic E-state index is 10.5. The fourth-order valence-electron chi connectivity index (χ4n) is 0.299. The molecule has 0 aliphatic heterocycles. The average molecular weight is 189 g/mol. The van der Waals surface area contributed by atoms with E-state index in [9.17, 15) is 18.3 Å². The molecule has 0 aliphatic carbocycles. The van der Waals surface area contributed by atoms with Gasteiger partial charge in [0.15, 0.2) is 0 Å². The molecule has 0 spiro atoms. The number of hydrogen-bond acceptors (Lipinski definition) is 4. The molecule has 0 fully saturated rings. The maximum absolute atomic E-state index is 10.5. The van der Waals surface area contributed by atoms with E-state index in [-0.39, 0.29) is 29.6 Å². The van der Waals surface area contributed by atoms with Crippen molar-refractivity contribution in [1.29, 1.82) is 0 Å². The molecule has 0 N–H and O–H groups in total. The molecule has 0 bridgehead atoms. The Balaban J connectivity index is 0. The first-order valence-corrected chi connectivity index (χ1v) is 4.30. The SMILES string of the molecule is CN(CC(=O)[O-])S(C)(=O)=O.[Na+]. The molecule has 0 aromatic heterocycles. The largest absolute Gasteiger partial charge is 1.00 e. The van der Waals surface area contributed by atoms with E-state index in [0.29, 0.717) is 4.31 Å². The third-order valence-electron chi connectivity index (χ3n) is 0.918. The molecular weight excluding hydrogens is 181 g/mol. The number of carboxylic acids is 1. The van der Waals surface area contributed by atoms with Crippen LogP contribution in [0.5, 0.6) is 0 Å². The molecule has 0 amide bonds. The standard InChI is InChI=1S/C4H9NO4S.Na/c1-5(3-4(6)7)10(2,8)9;/h3H2,1-2H3,(H,6,7);/q;+1/p-1. The number of aliphatic carboxylic acids is 1. The van der Waals surface area contributed by atoms with E-state index in [0.717, 1.165) is 6.26 Å². The van der Waals surface area contributed by atoms with Crippen molar-refractivity contribution in [3.05, 3.63) is 0 Å². The molecule has 60 valence electrons. The summed E-state index contributed by atoms with van der Waals surface area (Å²) in [6.07, 6.45) is 0.927. The summed E-state index contributed by atoms with van der Waals surface area (Å²) >= 11 is 0. The zero-order valence-corrected chi connectivity index (χ0v) is 9.51. The van der Waals surface area contributed by atoms with Crippen molar-refractivity contribution in [2.75, 3.05) is 19.8 Å². The van der Waals surface area contributed by atoms with Crippen molar-refractivity contribution in [1.82, 2.24) is 4.31 Å². The van der Waals surface area contributed by atoms with Gasteiger partial charge in [0.2, 0.25) is 10.0 Å². The topological polar surface area (TPSA) is 77.5 Å². The van der Waals surface area contributed by atoms with Crippen molar-refractivity contribution < 1.29 is 47.9 Å². The molecule has 7 heteroatoms. The van der Waals surface area contributed by atoms with Crippen LogP contribution < -0.4 is 34.7 Å². The van der Waals surface area contributed by atoms with Gasteiger partial charge in [-0.1, -0.05) is 0 Å². The summed E-state index contributed by atoms with van der Waals surface area (Å²) in [5.41, 5.74) is 0. The van der Waals surface area contributed by atoms with E-state index >= 15 is 0 Å². The molecule has 0 saturated heterocycles. The minimum absolute atomic E-state index is 0. The summed E-state index contributed by atoms with van der Waals surface area (Å²) in [7, 11) is -2.21. The number of likely N-dealkylation sites (N-methyl/N-ethyl adjacent to an activating group) is 1. The molecule has 0 saturated carbocycles. The molecule has 0 aliphatic rings. The van der Waals surface area contributed by atoms with Crippen LogP contribution in [0.15, 0.2) is 0 Å². The van der Waals surface area contributed by atoms with Gasteiger partial charge in [-0.15, -0.1) is 0 Å². The number of carbonyl (C=O) groups is 1. The van der Waals surface area contributed by atoms with Gasteiger partial charge >= 0.3 is 29.6 Å². The third kappa shape index (κ3) is 6.77. The van der Waals surface area contributed by atoms with Crippen molar-refractivity contribution >= 4 is 16.0 Å². The fraction of sp³-hybridized carbons (Fsp3) is 0.750. The fourth-order valence-corrected chi connectivity index (χ4v) is 0.639. The van der Waals surface area contributed by atoms with Gasteiger partial charge in [-0.2, -0.15) is 4.31 Å². The van der Waals surface area contributed by atoms with Crippen LogP contribution in [0, 0.1) is 0 Å². The Labute approximate surface area is 87.7 Å². The summed E-state index contributed by atoms with van der Waals surface area (Å²) < 4.78 is 21.7. The zero-order chi connectivity index (χ0) is 8.36. The zero-order valence-electron chi connectivity index (χ0n) is 6.70. The van der Waals surface area contributed by atoms with Gasteiger partial charge in [-0.3, -0.25) is 0 Å². The molecule has 5 nitrogen and oxygen atoms in total. The van der Waals surface area contributed by atoms with E-state index in [4.69, 9.17) is 0 Å². The number of hydrogen-bond donors (Lipinski definition) is 0. The molecule has 0 atom stereocenters. The molecule has 11 heavy (non-hydrogen) atoms. The molecular formula is C4H8NNaO4S. The molecule has 0 aromatic carbocycles. The Hall–Kier alpha value is 0.380. The minimum atomic E-state index is -3.39. The first kappa shape index (κ1) is 13.9. The summed E-state index contributed by atoms with van der Waals surface area (Å²) in [5.74, 6) is -1.41. The van der Waals surface area contributed by atoms with Crippen molar-refractivity contribution in [3.8, 4) is 0 Å². The maximum Gasteiger partial charge on any atom is 1.00 e. The van der Waals surface area contributed by atoms with E-state index in [1.54, 1.807) is 0 Å². The van der Waals surface area contributed by atoms with E-state index in [2.05, 4.69) is 0 Å². The first-order valence-electron chi connectivity index (χ1n) is 2.45. The predicted octanol–water partition coefficient (Wildman–Crippen LogP) is -5.37. The van der Waals surface area contributed by atoms with Crippen LogP contribution in [-0.4, -0.2) is 38.5 Å². The smallest absolute Gasteiger partial charge is 0.549 e. The van der Waals surface area contributed by atoms with E-state index in [1.807, 2.05) is 0 Å². The predicted molar refractivity (Wildman–Crippen MR) is 32.5 cm³/mol. The van der Waals surface area contributed by atoms with Gasteiger partial charge in [0, 0.05) is 7.05 Å². The van der Waals surface area contributed by atoms with Crippen LogP contribution in [-0.2, 0) is 14.8 Å². The minimum Gasteiger partial charge on any atom is -0.549 e. The number of sulfonamides is 1. The second kappa shape index (κ2) is 5.10. The van der Waals surface area contributed by atoms with Gasteiger partial charge in [-0.05, 0) is 0 Å². The number of nitrogens with zero attached hydrogens (tertiary/aromatic N) is 1. The van der Waals surface area contributed by atoms with Gasteiger partial charge in [-0.25, -0.2) is 8.42 Å². The second-order valence-electron chi connectivity index (χ2n) is 1.89. The van der Waals surface area contributed by atoms with Crippen molar-refractivity contribution in [3.63, 3.8) is 0 Å². The number of carbonyl (C=O) groups excluding carboxylic acids is 1. The molecule has 0 radical (unpaired) electrons. The number of carboxylic acid groups (broad SMARTS) is 1. The second-order valence-corrected chi connectivity index (χ2v) is 3.98. The molecule has 0 rings (SSSR count). The quantitative estimate of drug-likeness (QED) is 0.415.